The number of hydrogen-bond donors (Lipinski definition) is 1. The summed E-state index contributed by atoms with van der Waals surface area (Å²) in [6.07, 6.45) is 1.49. The Morgan fingerprint density at radius 1 is 1.21 bits per heavy atom. The van der Waals surface area contributed by atoms with Crippen LogP contribution in [0.1, 0.15) is 5.56 Å². The highest BCUT2D eigenvalue weighted by atomic mass is 16.6. The van der Waals surface area contributed by atoms with Gasteiger partial charge in [-0.15, -0.1) is 0 Å². The van der Waals surface area contributed by atoms with E-state index in [-0.39, 0.29) is 11.4 Å². The second-order valence-electron chi connectivity index (χ2n) is 4.95. The second kappa shape index (κ2) is 6.74. The molecule has 0 aliphatic carbocycles. The van der Waals surface area contributed by atoms with E-state index in [1.165, 1.54) is 25.5 Å². The lowest BCUT2D eigenvalue weighted by atomic mass is 10.2. The van der Waals surface area contributed by atoms with E-state index >= 15 is 0 Å². The van der Waals surface area contributed by atoms with Crippen molar-refractivity contribution in [2.24, 2.45) is 5.10 Å². The van der Waals surface area contributed by atoms with Gasteiger partial charge in [-0.05, 0) is 30.3 Å². The standard InChI is InChI=1S/C17H14N4O3/c1-24-16-8-6-12(10-15(16)21(22)23)11-18-20-17-9-7-13-4-2-3-5-14(13)19-17/h2-11H,1H3,(H,19,20)/b18-11+. The number of nitrogens with one attached hydrogen (secondary N) is 1. The summed E-state index contributed by atoms with van der Waals surface area (Å²) in [5.41, 5.74) is 4.15. The van der Waals surface area contributed by atoms with Gasteiger partial charge in [0.2, 0.25) is 0 Å². The molecule has 0 saturated heterocycles. The molecule has 0 saturated carbocycles. The van der Waals surface area contributed by atoms with Crippen molar-refractivity contribution in [1.29, 1.82) is 0 Å². The van der Waals surface area contributed by atoms with Crippen molar-refractivity contribution in [3.63, 3.8) is 0 Å². The van der Waals surface area contributed by atoms with Gasteiger partial charge in [-0.2, -0.15) is 5.10 Å². The van der Waals surface area contributed by atoms with E-state index in [0.29, 0.717) is 11.4 Å². The first kappa shape index (κ1) is 15.4. The van der Waals surface area contributed by atoms with E-state index in [9.17, 15) is 10.1 Å². The van der Waals surface area contributed by atoms with E-state index in [1.54, 1.807) is 6.07 Å². The highest BCUT2D eigenvalue weighted by molar-refractivity contribution is 5.83. The predicted molar refractivity (Wildman–Crippen MR) is 92.6 cm³/mol. The minimum absolute atomic E-state index is 0.106. The van der Waals surface area contributed by atoms with Gasteiger partial charge in [0, 0.05) is 17.0 Å². The molecule has 0 bridgehead atoms. The maximum absolute atomic E-state index is 11.0. The number of fused-ring (bicyclic) bond motifs is 1. The molecule has 7 heteroatoms. The quantitative estimate of drug-likeness (QED) is 0.440. The lowest BCUT2D eigenvalue weighted by Crippen LogP contribution is -1.97. The number of aromatic nitrogens is 1. The van der Waals surface area contributed by atoms with Crippen LogP contribution in [0.3, 0.4) is 0 Å². The number of nitro benzene ring substituents is 1. The topological polar surface area (TPSA) is 89.7 Å². The Morgan fingerprint density at radius 2 is 2.04 bits per heavy atom. The lowest BCUT2D eigenvalue weighted by Gasteiger charge is -2.03. The van der Waals surface area contributed by atoms with Crippen LogP contribution in [-0.2, 0) is 0 Å². The van der Waals surface area contributed by atoms with Crippen LogP contribution in [0, 0.1) is 10.1 Å². The van der Waals surface area contributed by atoms with Gasteiger partial charge >= 0.3 is 5.69 Å². The molecule has 1 N–H and O–H groups in total. The number of nitrogens with zero attached hydrogens (tertiary/aromatic N) is 3. The number of hydrogen-bond acceptors (Lipinski definition) is 6. The van der Waals surface area contributed by atoms with Crippen LogP contribution in [0.15, 0.2) is 59.7 Å². The summed E-state index contributed by atoms with van der Waals surface area (Å²) in [6, 6.07) is 16.1. The minimum atomic E-state index is -0.492. The van der Waals surface area contributed by atoms with Gasteiger partial charge in [0.25, 0.3) is 0 Å². The molecule has 1 heterocycles. The van der Waals surface area contributed by atoms with Gasteiger partial charge in [-0.25, -0.2) is 4.98 Å². The smallest absolute Gasteiger partial charge is 0.311 e. The number of methoxy groups -OCH3 is 1. The van der Waals surface area contributed by atoms with Crippen molar-refractivity contribution in [1.82, 2.24) is 4.98 Å². The third-order valence-corrected chi connectivity index (χ3v) is 3.39. The van der Waals surface area contributed by atoms with Crippen LogP contribution in [0.25, 0.3) is 10.9 Å². The van der Waals surface area contributed by atoms with Gasteiger partial charge in [0.05, 0.1) is 23.8 Å². The first-order chi connectivity index (χ1) is 11.7. The van der Waals surface area contributed by atoms with Gasteiger partial charge in [-0.3, -0.25) is 15.5 Å². The fraction of sp³-hybridized carbons (Fsp3) is 0.0588. The number of pyridine rings is 1. The molecule has 0 aliphatic heterocycles. The highest BCUT2D eigenvalue weighted by Crippen LogP contribution is 2.26. The van der Waals surface area contributed by atoms with Crippen molar-refractivity contribution in [3.8, 4) is 5.75 Å². The fourth-order valence-electron chi connectivity index (χ4n) is 2.23. The summed E-state index contributed by atoms with van der Waals surface area (Å²) in [4.78, 5) is 14.9. The average molecular weight is 322 g/mol. The Hall–Kier alpha value is -3.48. The summed E-state index contributed by atoms with van der Waals surface area (Å²) >= 11 is 0. The van der Waals surface area contributed by atoms with Crippen molar-refractivity contribution in [2.75, 3.05) is 12.5 Å². The van der Waals surface area contributed by atoms with Crippen LogP contribution in [-0.4, -0.2) is 23.2 Å². The van der Waals surface area contributed by atoms with Crippen LogP contribution in [0.4, 0.5) is 11.5 Å². The van der Waals surface area contributed by atoms with Crippen molar-refractivity contribution in [3.05, 3.63) is 70.3 Å². The molecular weight excluding hydrogens is 308 g/mol. The van der Waals surface area contributed by atoms with Crippen LogP contribution in [0.5, 0.6) is 5.75 Å². The van der Waals surface area contributed by atoms with Gasteiger partial charge in [0.15, 0.2) is 5.75 Å². The summed E-state index contributed by atoms with van der Waals surface area (Å²) < 4.78 is 4.96. The Bertz CT molecular complexity index is 925. The molecule has 0 fully saturated rings. The van der Waals surface area contributed by atoms with E-state index in [2.05, 4.69) is 15.5 Å². The number of ether oxygens (including phenoxy) is 1. The maximum Gasteiger partial charge on any atom is 0.311 e. The third-order valence-electron chi connectivity index (χ3n) is 3.39. The predicted octanol–water partition coefficient (Wildman–Crippen LogP) is 3.60. The zero-order chi connectivity index (χ0) is 16.9. The van der Waals surface area contributed by atoms with Crippen LogP contribution < -0.4 is 10.2 Å². The van der Waals surface area contributed by atoms with E-state index in [4.69, 9.17) is 4.74 Å². The van der Waals surface area contributed by atoms with E-state index < -0.39 is 4.92 Å². The summed E-state index contributed by atoms with van der Waals surface area (Å²) in [5.74, 6) is 0.800. The number of para-hydroxylation sites is 1. The average Bonchev–Trinajstić information content (AvgIpc) is 2.61. The first-order valence-electron chi connectivity index (χ1n) is 7.14. The molecular formula is C17H14N4O3. The number of anilines is 1. The molecule has 0 amide bonds. The highest BCUT2D eigenvalue weighted by Gasteiger charge is 2.14. The number of rotatable bonds is 5. The van der Waals surface area contributed by atoms with Crippen molar-refractivity contribution in [2.45, 2.75) is 0 Å². The molecule has 1 aromatic heterocycles. The molecule has 7 nitrogen and oxygen atoms in total. The summed E-state index contributed by atoms with van der Waals surface area (Å²) in [5, 5.41) is 16.1. The van der Waals surface area contributed by atoms with E-state index in [0.717, 1.165) is 10.9 Å². The Balaban J connectivity index is 1.78. The Kier molecular flexibility index (Phi) is 4.33. The summed E-state index contributed by atoms with van der Waals surface area (Å²) in [7, 11) is 1.39. The molecule has 120 valence electrons. The minimum Gasteiger partial charge on any atom is -0.490 e. The normalized spacial score (nSPS) is 10.9. The first-order valence-corrected chi connectivity index (χ1v) is 7.14. The molecule has 0 spiro atoms. The molecule has 3 rings (SSSR count). The number of nitro groups is 1. The monoisotopic (exact) mass is 322 g/mol. The molecule has 24 heavy (non-hydrogen) atoms. The fourth-order valence-corrected chi connectivity index (χ4v) is 2.23. The summed E-state index contributed by atoms with van der Waals surface area (Å²) in [6.45, 7) is 0. The zero-order valence-electron chi connectivity index (χ0n) is 12.8. The Morgan fingerprint density at radius 3 is 2.83 bits per heavy atom. The Labute approximate surface area is 137 Å². The SMILES string of the molecule is COc1ccc(/C=N/Nc2ccc3ccccc3n2)cc1[N+](=O)[O-]. The third kappa shape index (κ3) is 3.30. The van der Waals surface area contributed by atoms with Crippen LogP contribution >= 0.6 is 0 Å². The molecule has 3 aromatic rings. The van der Waals surface area contributed by atoms with Gasteiger partial charge in [0.1, 0.15) is 5.82 Å². The molecule has 2 aromatic carbocycles. The number of hydrazone groups is 1. The van der Waals surface area contributed by atoms with Gasteiger partial charge in [-0.1, -0.05) is 18.2 Å². The lowest BCUT2D eigenvalue weighted by molar-refractivity contribution is -0.385. The van der Waals surface area contributed by atoms with Crippen LogP contribution in [0.2, 0.25) is 0 Å². The van der Waals surface area contributed by atoms with Gasteiger partial charge < -0.3 is 4.74 Å². The maximum atomic E-state index is 11.0. The van der Waals surface area contributed by atoms with Crippen molar-refractivity contribution < 1.29 is 9.66 Å². The molecule has 0 atom stereocenters. The molecule has 0 unspecified atom stereocenters. The second-order valence-corrected chi connectivity index (χ2v) is 4.95. The molecule has 0 radical (unpaired) electrons. The van der Waals surface area contributed by atoms with E-state index in [1.807, 2.05) is 36.4 Å². The van der Waals surface area contributed by atoms with Crippen molar-refractivity contribution >= 4 is 28.6 Å². The number of benzene rings is 2. The zero-order valence-corrected chi connectivity index (χ0v) is 12.8. The largest absolute Gasteiger partial charge is 0.490 e. The molecule has 0 aliphatic rings.